The Labute approximate surface area is 85.9 Å². The third-order valence-electron chi connectivity index (χ3n) is 2.19. The number of carbonyl (C=O) groups is 1. The third kappa shape index (κ3) is 4.08. The van der Waals surface area contributed by atoms with E-state index in [2.05, 4.69) is 43.7 Å². The number of benzene rings is 1. The number of hydrogen-bond donors (Lipinski definition) is 0. The van der Waals surface area contributed by atoms with E-state index in [9.17, 15) is 0 Å². The van der Waals surface area contributed by atoms with Gasteiger partial charge in [0, 0.05) is 0 Å². The van der Waals surface area contributed by atoms with Crippen molar-refractivity contribution >= 4 is 6.47 Å². The summed E-state index contributed by atoms with van der Waals surface area (Å²) in [6.45, 7) is 6.92. The zero-order valence-corrected chi connectivity index (χ0v) is 9.33. The average Bonchev–Trinajstić information content (AvgIpc) is 2.22. The van der Waals surface area contributed by atoms with Crippen molar-refractivity contribution in [3.05, 3.63) is 34.9 Å². The van der Waals surface area contributed by atoms with E-state index >= 15 is 0 Å². The summed E-state index contributed by atoms with van der Waals surface area (Å²) >= 11 is 0. The minimum Gasteiger partial charge on any atom is -0.471 e. The number of rotatable bonds is 2. The van der Waals surface area contributed by atoms with Crippen molar-refractivity contribution < 1.29 is 9.53 Å². The van der Waals surface area contributed by atoms with Crippen LogP contribution in [0.2, 0.25) is 0 Å². The monoisotopic (exact) mass is 194 g/mol. The Morgan fingerprint density at radius 2 is 1.93 bits per heavy atom. The van der Waals surface area contributed by atoms with Gasteiger partial charge in [-0.05, 0) is 37.0 Å². The van der Waals surface area contributed by atoms with Crippen molar-refractivity contribution in [3.63, 3.8) is 0 Å². The van der Waals surface area contributed by atoms with E-state index in [-0.39, 0.29) is 0 Å². The zero-order chi connectivity index (χ0) is 11.0. The molecule has 0 amide bonds. The van der Waals surface area contributed by atoms with Crippen LogP contribution in [-0.4, -0.2) is 13.6 Å². The summed E-state index contributed by atoms with van der Waals surface area (Å²) in [7, 11) is 1.31. The van der Waals surface area contributed by atoms with Gasteiger partial charge in [-0.1, -0.05) is 25.1 Å². The lowest BCUT2D eigenvalue weighted by molar-refractivity contribution is -0.126. The number of carbonyl (C=O) groups excluding carboxylic acids is 1. The van der Waals surface area contributed by atoms with Crippen molar-refractivity contribution in [1.82, 2.24) is 0 Å². The Morgan fingerprint density at radius 1 is 1.36 bits per heavy atom. The Kier molecular flexibility index (Phi) is 6.46. The molecule has 0 aliphatic rings. The lowest BCUT2D eigenvalue weighted by atomic mass is 10.0. The predicted octanol–water partition coefficient (Wildman–Crippen LogP) is 2.66. The van der Waals surface area contributed by atoms with Crippen LogP contribution >= 0.6 is 0 Å². The molecule has 78 valence electrons. The van der Waals surface area contributed by atoms with Crippen LogP contribution in [0.4, 0.5) is 0 Å². The van der Waals surface area contributed by atoms with E-state index in [4.69, 9.17) is 4.79 Å². The van der Waals surface area contributed by atoms with Gasteiger partial charge in [-0.2, -0.15) is 0 Å². The fourth-order valence-corrected chi connectivity index (χ4v) is 1.19. The smallest absolute Gasteiger partial charge is 0.292 e. The molecule has 0 bridgehead atoms. The maximum atomic E-state index is 8.95. The third-order valence-corrected chi connectivity index (χ3v) is 2.19. The average molecular weight is 194 g/mol. The molecule has 0 saturated carbocycles. The first kappa shape index (κ1) is 12.7. The van der Waals surface area contributed by atoms with Gasteiger partial charge in [0.15, 0.2) is 0 Å². The summed E-state index contributed by atoms with van der Waals surface area (Å²) in [4.78, 5) is 8.95. The minimum absolute atomic E-state index is 0.375. The van der Waals surface area contributed by atoms with Crippen LogP contribution < -0.4 is 0 Å². The Balaban J connectivity index is 0.000000364. The Hall–Kier alpha value is -1.31. The molecule has 0 spiro atoms. The quantitative estimate of drug-likeness (QED) is 0.676. The molecule has 0 heterocycles. The standard InChI is InChI=1S/C10H14.C2H4O2/c1-4-10-7-5-6-8(2)9(10)3;1-4-2-3/h5-7H,4H2,1-3H3;2H,1H3. The summed E-state index contributed by atoms with van der Waals surface area (Å²) in [5.41, 5.74) is 4.32. The molecule has 0 unspecified atom stereocenters. The first-order chi connectivity index (χ1) is 6.67. The van der Waals surface area contributed by atoms with Gasteiger partial charge in [0.1, 0.15) is 0 Å². The summed E-state index contributed by atoms with van der Waals surface area (Å²) < 4.78 is 3.86. The molecule has 0 aliphatic carbocycles. The second kappa shape index (κ2) is 7.13. The SMILES string of the molecule is CCc1cccc(C)c1C.COC=O. The molecule has 0 N–H and O–H groups in total. The lowest BCUT2D eigenvalue weighted by Gasteiger charge is -2.04. The molecule has 1 rings (SSSR count). The number of methoxy groups -OCH3 is 1. The maximum absolute atomic E-state index is 8.95. The summed E-state index contributed by atoms with van der Waals surface area (Å²) in [6.07, 6.45) is 1.15. The molecular formula is C12H18O2. The first-order valence-electron chi connectivity index (χ1n) is 4.68. The van der Waals surface area contributed by atoms with E-state index in [0.717, 1.165) is 6.42 Å². The van der Waals surface area contributed by atoms with Gasteiger partial charge in [0.05, 0.1) is 7.11 Å². The second-order valence-electron chi connectivity index (χ2n) is 3.04. The van der Waals surface area contributed by atoms with Crippen LogP contribution in [0.3, 0.4) is 0 Å². The largest absolute Gasteiger partial charge is 0.471 e. The molecule has 1 aromatic carbocycles. The van der Waals surface area contributed by atoms with Crippen molar-refractivity contribution in [2.24, 2.45) is 0 Å². The van der Waals surface area contributed by atoms with Crippen LogP contribution in [0.1, 0.15) is 23.6 Å². The molecule has 0 aliphatic heterocycles. The van der Waals surface area contributed by atoms with Crippen molar-refractivity contribution in [3.8, 4) is 0 Å². The van der Waals surface area contributed by atoms with Crippen LogP contribution in [-0.2, 0) is 16.0 Å². The van der Waals surface area contributed by atoms with Gasteiger partial charge < -0.3 is 4.74 Å². The van der Waals surface area contributed by atoms with Crippen LogP contribution in [0.15, 0.2) is 18.2 Å². The van der Waals surface area contributed by atoms with E-state index < -0.39 is 0 Å². The van der Waals surface area contributed by atoms with E-state index in [1.54, 1.807) is 0 Å². The van der Waals surface area contributed by atoms with Gasteiger partial charge in [-0.25, -0.2) is 0 Å². The van der Waals surface area contributed by atoms with Gasteiger partial charge in [0.2, 0.25) is 0 Å². The van der Waals surface area contributed by atoms with Crippen LogP contribution in [0.5, 0.6) is 0 Å². The normalized spacial score (nSPS) is 8.57. The molecule has 0 fully saturated rings. The molecule has 0 atom stereocenters. The molecule has 0 radical (unpaired) electrons. The number of ether oxygens (including phenoxy) is 1. The predicted molar refractivity (Wildman–Crippen MR) is 58.4 cm³/mol. The molecule has 2 heteroatoms. The van der Waals surface area contributed by atoms with E-state index in [1.165, 1.54) is 23.8 Å². The van der Waals surface area contributed by atoms with Gasteiger partial charge in [-0.3, -0.25) is 4.79 Å². The van der Waals surface area contributed by atoms with Gasteiger partial charge >= 0.3 is 0 Å². The molecule has 1 aromatic rings. The highest BCUT2D eigenvalue weighted by molar-refractivity contribution is 5.36. The van der Waals surface area contributed by atoms with Crippen molar-refractivity contribution in [2.45, 2.75) is 27.2 Å². The zero-order valence-electron chi connectivity index (χ0n) is 9.33. The van der Waals surface area contributed by atoms with Gasteiger partial charge in [0.25, 0.3) is 6.47 Å². The highest BCUT2D eigenvalue weighted by Gasteiger charge is 1.95. The van der Waals surface area contributed by atoms with E-state index in [0.29, 0.717) is 6.47 Å². The topological polar surface area (TPSA) is 26.3 Å². The number of aryl methyl sites for hydroxylation is 2. The fraction of sp³-hybridized carbons (Fsp3) is 0.417. The van der Waals surface area contributed by atoms with E-state index in [1.807, 2.05) is 0 Å². The maximum Gasteiger partial charge on any atom is 0.292 e. The molecular weight excluding hydrogens is 176 g/mol. The summed E-state index contributed by atoms with van der Waals surface area (Å²) in [5, 5.41) is 0. The number of hydrogen-bond acceptors (Lipinski definition) is 2. The molecule has 0 saturated heterocycles. The second-order valence-corrected chi connectivity index (χ2v) is 3.04. The summed E-state index contributed by atoms with van der Waals surface area (Å²) in [6, 6.07) is 6.48. The minimum atomic E-state index is 0.375. The van der Waals surface area contributed by atoms with Crippen LogP contribution in [0.25, 0.3) is 0 Å². The molecule has 0 aromatic heterocycles. The van der Waals surface area contributed by atoms with Crippen LogP contribution in [0, 0.1) is 13.8 Å². The van der Waals surface area contributed by atoms with Crippen molar-refractivity contribution in [1.29, 1.82) is 0 Å². The lowest BCUT2D eigenvalue weighted by Crippen LogP contribution is -1.88. The van der Waals surface area contributed by atoms with Gasteiger partial charge in [-0.15, -0.1) is 0 Å². The van der Waals surface area contributed by atoms with Crippen molar-refractivity contribution in [2.75, 3.05) is 7.11 Å². The Morgan fingerprint density at radius 3 is 2.29 bits per heavy atom. The highest BCUT2D eigenvalue weighted by Crippen LogP contribution is 2.12. The Bertz CT molecular complexity index is 280. The highest BCUT2D eigenvalue weighted by atomic mass is 16.5. The fourth-order valence-electron chi connectivity index (χ4n) is 1.19. The molecule has 14 heavy (non-hydrogen) atoms. The first-order valence-corrected chi connectivity index (χ1v) is 4.68. The molecule has 2 nitrogen and oxygen atoms in total. The summed E-state index contributed by atoms with van der Waals surface area (Å²) in [5.74, 6) is 0.